The van der Waals surface area contributed by atoms with Crippen LogP contribution >= 0.6 is 0 Å². The molecule has 0 aromatic rings. The molecule has 1 heterocycles. The molecule has 0 spiro atoms. The Hall–Kier alpha value is 0.0969. The lowest BCUT2D eigenvalue weighted by Gasteiger charge is -2.67. The quantitative estimate of drug-likeness (QED) is 0.402. The lowest BCUT2D eigenvalue weighted by atomic mass is 9.53. The molecule has 1 fully saturated rings. The van der Waals surface area contributed by atoms with Crippen LogP contribution in [0, 0.1) is 10.8 Å². The van der Waals surface area contributed by atoms with Gasteiger partial charge in [0.25, 0.3) is 0 Å². The summed E-state index contributed by atoms with van der Waals surface area (Å²) in [6.07, 6.45) is 6.88. The minimum absolute atomic E-state index is 0.114. The third-order valence-corrected chi connectivity index (χ3v) is 12.2. The minimum atomic E-state index is -2.50. The van der Waals surface area contributed by atoms with Gasteiger partial charge in [0.05, 0.1) is 0 Å². The van der Waals surface area contributed by atoms with Crippen molar-refractivity contribution in [1.82, 2.24) is 0 Å². The zero-order valence-corrected chi connectivity index (χ0v) is 19.3. The van der Waals surface area contributed by atoms with Crippen molar-refractivity contribution in [2.24, 2.45) is 10.8 Å². The molecular weight excluding hydrogens is 328 g/mol. The Morgan fingerprint density at radius 3 is 1.52 bits per heavy atom. The summed E-state index contributed by atoms with van der Waals surface area (Å²) in [6.45, 7) is 20.3. The summed E-state index contributed by atoms with van der Waals surface area (Å²) < 4.78 is 20.0. The fraction of sp³-hybridized carbons (Fsp3) is 1.00. The van der Waals surface area contributed by atoms with E-state index in [1.165, 1.54) is 19.3 Å². The topological polar surface area (TPSA) is 27.7 Å². The molecule has 150 valence electrons. The van der Waals surface area contributed by atoms with Crippen LogP contribution in [0.4, 0.5) is 0 Å². The first-order valence-electron chi connectivity index (χ1n) is 10.9. The van der Waals surface area contributed by atoms with Gasteiger partial charge >= 0.3 is 8.56 Å². The van der Waals surface area contributed by atoms with E-state index >= 15 is 0 Å². The Kier molecular flexibility index (Phi) is 8.64. The summed E-state index contributed by atoms with van der Waals surface area (Å²) in [7, 11) is -2.50. The Balaban J connectivity index is 3.77. The predicted molar refractivity (Wildman–Crippen MR) is 109 cm³/mol. The van der Waals surface area contributed by atoms with E-state index in [0.717, 1.165) is 45.1 Å². The molecule has 1 aliphatic rings. The molecule has 4 heteroatoms. The molecule has 0 radical (unpaired) electrons. The summed E-state index contributed by atoms with van der Waals surface area (Å²) in [5, 5.41) is -0.269. The van der Waals surface area contributed by atoms with E-state index in [1.54, 1.807) is 0 Å². The van der Waals surface area contributed by atoms with Crippen LogP contribution in [0.1, 0.15) is 93.9 Å². The Morgan fingerprint density at radius 1 is 0.680 bits per heavy atom. The molecule has 1 unspecified atom stereocenters. The number of hydrogen-bond acceptors (Lipinski definition) is 3. The highest BCUT2D eigenvalue weighted by Gasteiger charge is 2.74. The van der Waals surface area contributed by atoms with Gasteiger partial charge in [-0.05, 0) is 70.8 Å². The molecule has 1 aliphatic heterocycles. The summed E-state index contributed by atoms with van der Waals surface area (Å²) in [6, 6.07) is 1.06. The normalized spacial score (nSPS) is 27.4. The van der Waals surface area contributed by atoms with Gasteiger partial charge in [0, 0.05) is 25.2 Å². The molecule has 3 nitrogen and oxygen atoms in total. The van der Waals surface area contributed by atoms with Gasteiger partial charge in [-0.15, -0.1) is 0 Å². The Labute approximate surface area is 158 Å². The average molecular weight is 373 g/mol. The first kappa shape index (κ1) is 23.1. The smallest absolute Gasteiger partial charge is 0.371 e. The molecule has 0 aromatic carbocycles. The SMILES string of the molecule is CCOC1(CC)C(CC)(CC)C(CC)(CC)CC[Si]1(OCC)OCC. The first-order chi connectivity index (χ1) is 11.9. The fourth-order valence-electron chi connectivity index (χ4n) is 6.58. The van der Waals surface area contributed by atoms with E-state index in [9.17, 15) is 0 Å². The second kappa shape index (κ2) is 9.34. The van der Waals surface area contributed by atoms with Gasteiger partial charge in [-0.3, -0.25) is 0 Å². The third-order valence-electron chi connectivity index (χ3n) is 7.54. The van der Waals surface area contributed by atoms with Crippen molar-refractivity contribution in [3.63, 3.8) is 0 Å². The molecule has 0 aromatic heterocycles. The van der Waals surface area contributed by atoms with E-state index in [-0.39, 0.29) is 10.6 Å². The van der Waals surface area contributed by atoms with Gasteiger partial charge in [-0.1, -0.05) is 34.6 Å². The van der Waals surface area contributed by atoms with Crippen molar-refractivity contribution in [3.8, 4) is 0 Å². The summed E-state index contributed by atoms with van der Waals surface area (Å²) in [5.74, 6) is 0. The van der Waals surface area contributed by atoms with Crippen LogP contribution in [0.25, 0.3) is 0 Å². The molecule has 0 amide bonds. The number of ether oxygens (including phenoxy) is 1. The van der Waals surface area contributed by atoms with Crippen molar-refractivity contribution in [1.29, 1.82) is 0 Å². The van der Waals surface area contributed by atoms with Crippen LogP contribution in [0.2, 0.25) is 6.04 Å². The van der Waals surface area contributed by atoms with Crippen LogP contribution in [0.5, 0.6) is 0 Å². The van der Waals surface area contributed by atoms with Gasteiger partial charge in [0.15, 0.2) is 0 Å². The van der Waals surface area contributed by atoms with Gasteiger partial charge in [0.2, 0.25) is 0 Å². The summed E-state index contributed by atoms with van der Waals surface area (Å²) >= 11 is 0. The van der Waals surface area contributed by atoms with E-state index in [4.69, 9.17) is 13.6 Å². The van der Waals surface area contributed by atoms with Crippen LogP contribution < -0.4 is 0 Å². The predicted octanol–water partition coefficient (Wildman–Crippen LogP) is 6.24. The van der Waals surface area contributed by atoms with Crippen molar-refractivity contribution in [3.05, 3.63) is 0 Å². The highest BCUT2D eigenvalue weighted by Crippen LogP contribution is 2.67. The fourth-order valence-corrected chi connectivity index (χ4v) is 11.8. The van der Waals surface area contributed by atoms with Crippen molar-refractivity contribution in [2.75, 3.05) is 19.8 Å². The van der Waals surface area contributed by atoms with Crippen LogP contribution in [-0.2, 0) is 13.6 Å². The maximum absolute atomic E-state index is 6.81. The lowest BCUT2D eigenvalue weighted by molar-refractivity contribution is -0.189. The summed E-state index contributed by atoms with van der Waals surface area (Å²) in [4.78, 5) is 0. The molecule has 1 atom stereocenters. The van der Waals surface area contributed by atoms with Gasteiger partial charge in [-0.25, -0.2) is 0 Å². The van der Waals surface area contributed by atoms with Crippen molar-refractivity contribution in [2.45, 2.75) is 105 Å². The minimum Gasteiger partial charge on any atom is -0.393 e. The molecule has 0 bridgehead atoms. The van der Waals surface area contributed by atoms with E-state index < -0.39 is 8.56 Å². The molecule has 1 saturated heterocycles. The monoisotopic (exact) mass is 372 g/mol. The maximum Gasteiger partial charge on any atom is 0.371 e. The average Bonchev–Trinajstić information content (AvgIpc) is 2.64. The first-order valence-corrected chi connectivity index (χ1v) is 12.9. The van der Waals surface area contributed by atoms with Gasteiger partial charge in [0.1, 0.15) is 5.22 Å². The largest absolute Gasteiger partial charge is 0.393 e. The molecule has 0 aliphatic carbocycles. The standard InChI is InChI=1S/C21H44O3Si/c1-9-19(10-2)17-18-25(23-15-7,24-16-8)21(13-5,22-14-6)20(19,11-3)12-4/h9-18H2,1-8H3. The van der Waals surface area contributed by atoms with E-state index in [0.29, 0.717) is 5.41 Å². The Morgan fingerprint density at radius 2 is 1.20 bits per heavy atom. The molecule has 25 heavy (non-hydrogen) atoms. The zero-order valence-electron chi connectivity index (χ0n) is 18.3. The molecule has 1 rings (SSSR count). The van der Waals surface area contributed by atoms with Crippen LogP contribution in [0.3, 0.4) is 0 Å². The zero-order chi connectivity index (χ0) is 19.2. The lowest BCUT2D eigenvalue weighted by Crippen LogP contribution is -2.77. The second-order valence-corrected chi connectivity index (χ2v) is 10.9. The van der Waals surface area contributed by atoms with Crippen molar-refractivity contribution < 1.29 is 13.6 Å². The van der Waals surface area contributed by atoms with Crippen LogP contribution in [0.15, 0.2) is 0 Å². The van der Waals surface area contributed by atoms with Crippen molar-refractivity contribution >= 4 is 8.56 Å². The second-order valence-electron chi connectivity index (χ2n) is 7.51. The highest BCUT2D eigenvalue weighted by molar-refractivity contribution is 6.71. The Bertz CT molecular complexity index is 385. The van der Waals surface area contributed by atoms with E-state index in [1.807, 2.05) is 0 Å². The number of hydrogen-bond donors (Lipinski definition) is 0. The molecule has 0 saturated carbocycles. The molecule has 0 N–H and O–H groups in total. The third kappa shape index (κ3) is 3.15. The highest BCUT2D eigenvalue weighted by atomic mass is 28.4. The van der Waals surface area contributed by atoms with Crippen LogP contribution in [-0.4, -0.2) is 33.6 Å². The summed E-state index contributed by atoms with van der Waals surface area (Å²) in [5.41, 5.74) is 0.426. The van der Waals surface area contributed by atoms with E-state index in [2.05, 4.69) is 55.4 Å². The maximum atomic E-state index is 6.81. The number of rotatable bonds is 11. The van der Waals surface area contributed by atoms with Gasteiger partial charge in [-0.2, -0.15) is 0 Å². The van der Waals surface area contributed by atoms with Gasteiger partial charge < -0.3 is 13.6 Å². The molecular formula is C21H44O3Si.